The van der Waals surface area contributed by atoms with Gasteiger partial charge in [-0.05, 0) is 59.6 Å². The third-order valence-corrected chi connectivity index (χ3v) is 6.24. The Balaban J connectivity index is 1.65. The van der Waals surface area contributed by atoms with Gasteiger partial charge >= 0.3 is 0 Å². The van der Waals surface area contributed by atoms with Gasteiger partial charge in [-0.1, -0.05) is 46.3 Å². The average molecular weight is 449 g/mol. The summed E-state index contributed by atoms with van der Waals surface area (Å²) < 4.78 is 6.77. The topological polar surface area (TPSA) is 90.2 Å². The third kappa shape index (κ3) is 4.03. The average Bonchev–Trinajstić information content (AvgIpc) is 3.53. The molecule has 0 bridgehead atoms. The van der Waals surface area contributed by atoms with Crippen LogP contribution in [0.2, 0.25) is 0 Å². The molecule has 1 unspecified atom stereocenters. The number of hydrogen-bond acceptors (Lipinski definition) is 5. The molecule has 2 aromatic rings. The van der Waals surface area contributed by atoms with E-state index in [1.807, 2.05) is 24.3 Å². The Bertz CT molecular complexity index is 818. The number of halogens is 1. The van der Waals surface area contributed by atoms with Gasteiger partial charge in [-0.15, -0.1) is 0 Å². The van der Waals surface area contributed by atoms with Crippen LogP contribution in [0, 0.1) is 0 Å². The third-order valence-electron chi connectivity index (χ3n) is 5.71. The molecule has 0 radical (unpaired) electrons. The minimum absolute atomic E-state index is 0.423. The standard InChI is InChI=1S/C22H25BrO5/c23-16-6-1-12(2-7-16)9-15-10-14(5-8-17(15)13-3-4-13)22-21(27)20(26)19(25)18(11-24)28-22/h1-2,5-8,10,13,18-22,24-27H,3-4,9,11H2/t18-,19-,20?,21-,22+/m1/s1. The first kappa shape index (κ1) is 20.0. The lowest BCUT2D eigenvalue weighted by molar-refractivity contribution is -0.231. The van der Waals surface area contributed by atoms with Gasteiger partial charge in [0.1, 0.15) is 30.5 Å². The van der Waals surface area contributed by atoms with Gasteiger partial charge in [0.15, 0.2) is 0 Å². The Labute approximate surface area is 172 Å². The molecular weight excluding hydrogens is 424 g/mol. The summed E-state index contributed by atoms with van der Waals surface area (Å²) in [4.78, 5) is 0. The van der Waals surface area contributed by atoms with Crippen molar-refractivity contribution in [2.45, 2.75) is 55.7 Å². The maximum absolute atomic E-state index is 10.5. The van der Waals surface area contributed by atoms with E-state index in [2.05, 4.69) is 34.1 Å². The van der Waals surface area contributed by atoms with Gasteiger partial charge in [0, 0.05) is 4.47 Å². The summed E-state index contributed by atoms with van der Waals surface area (Å²) in [6.07, 6.45) is -2.53. The Hall–Kier alpha value is -1.28. The first-order chi connectivity index (χ1) is 13.5. The zero-order valence-corrected chi connectivity index (χ0v) is 17.0. The van der Waals surface area contributed by atoms with Crippen LogP contribution in [0.15, 0.2) is 46.9 Å². The van der Waals surface area contributed by atoms with E-state index in [0.29, 0.717) is 5.92 Å². The molecule has 1 aliphatic heterocycles. The van der Waals surface area contributed by atoms with E-state index in [1.54, 1.807) is 0 Å². The molecule has 0 amide bonds. The predicted molar refractivity (Wildman–Crippen MR) is 108 cm³/mol. The summed E-state index contributed by atoms with van der Waals surface area (Å²) >= 11 is 3.46. The molecule has 4 rings (SSSR count). The summed E-state index contributed by atoms with van der Waals surface area (Å²) in [6.45, 7) is -0.423. The predicted octanol–water partition coefficient (Wildman–Crippen LogP) is 2.43. The molecule has 5 nitrogen and oxygen atoms in total. The van der Waals surface area contributed by atoms with E-state index >= 15 is 0 Å². The van der Waals surface area contributed by atoms with Crippen molar-refractivity contribution in [1.29, 1.82) is 0 Å². The van der Waals surface area contributed by atoms with Crippen LogP contribution in [0.5, 0.6) is 0 Å². The highest BCUT2D eigenvalue weighted by atomic mass is 79.9. The number of aliphatic hydroxyl groups is 4. The smallest absolute Gasteiger partial charge is 0.113 e. The van der Waals surface area contributed by atoms with E-state index in [0.717, 1.165) is 16.5 Å². The van der Waals surface area contributed by atoms with Crippen molar-refractivity contribution in [2.24, 2.45) is 0 Å². The highest BCUT2D eigenvalue weighted by molar-refractivity contribution is 9.10. The van der Waals surface area contributed by atoms with Crippen LogP contribution in [0.1, 0.15) is 47.1 Å². The van der Waals surface area contributed by atoms with Crippen molar-refractivity contribution in [1.82, 2.24) is 0 Å². The van der Waals surface area contributed by atoms with E-state index < -0.39 is 37.1 Å². The molecule has 1 aliphatic carbocycles. The van der Waals surface area contributed by atoms with Crippen molar-refractivity contribution in [3.8, 4) is 0 Å². The van der Waals surface area contributed by atoms with Gasteiger partial charge in [0.25, 0.3) is 0 Å². The molecule has 1 saturated heterocycles. The van der Waals surface area contributed by atoms with E-state index in [-0.39, 0.29) is 0 Å². The second kappa shape index (κ2) is 8.22. The summed E-state index contributed by atoms with van der Waals surface area (Å²) in [5, 5.41) is 40.0. The van der Waals surface area contributed by atoms with Crippen LogP contribution in [0.3, 0.4) is 0 Å². The monoisotopic (exact) mass is 448 g/mol. The normalized spacial score (nSPS) is 30.4. The first-order valence-electron chi connectivity index (χ1n) is 9.65. The minimum Gasteiger partial charge on any atom is -0.394 e. The van der Waals surface area contributed by atoms with E-state index in [1.165, 1.54) is 29.5 Å². The first-order valence-corrected chi connectivity index (χ1v) is 10.4. The van der Waals surface area contributed by atoms with Gasteiger partial charge in [-0.2, -0.15) is 0 Å². The van der Waals surface area contributed by atoms with Crippen molar-refractivity contribution >= 4 is 15.9 Å². The van der Waals surface area contributed by atoms with Crippen LogP contribution >= 0.6 is 15.9 Å². The van der Waals surface area contributed by atoms with Crippen molar-refractivity contribution in [3.63, 3.8) is 0 Å². The molecule has 2 fully saturated rings. The molecular formula is C22H25BrO5. The summed E-state index contributed by atoms with van der Waals surface area (Å²) in [6, 6.07) is 14.3. The highest BCUT2D eigenvalue weighted by Gasteiger charge is 2.44. The van der Waals surface area contributed by atoms with Crippen LogP contribution in [-0.2, 0) is 11.2 Å². The van der Waals surface area contributed by atoms with Crippen LogP contribution in [0.4, 0.5) is 0 Å². The van der Waals surface area contributed by atoms with Gasteiger partial charge in [0.2, 0.25) is 0 Å². The minimum atomic E-state index is -1.37. The van der Waals surface area contributed by atoms with Crippen LogP contribution in [-0.4, -0.2) is 51.4 Å². The van der Waals surface area contributed by atoms with E-state index in [4.69, 9.17) is 4.74 Å². The van der Waals surface area contributed by atoms with Crippen molar-refractivity contribution in [2.75, 3.05) is 6.61 Å². The fourth-order valence-corrected chi connectivity index (χ4v) is 4.21. The van der Waals surface area contributed by atoms with Crippen LogP contribution in [0.25, 0.3) is 0 Å². The second-order valence-electron chi connectivity index (χ2n) is 7.79. The Morgan fingerprint density at radius 2 is 1.64 bits per heavy atom. The summed E-state index contributed by atoms with van der Waals surface area (Å²) in [5.74, 6) is 0.578. The zero-order valence-electron chi connectivity index (χ0n) is 15.4. The molecule has 6 heteroatoms. The summed E-state index contributed by atoms with van der Waals surface area (Å²) in [7, 11) is 0. The molecule has 2 aromatic carbocycles. The number of hydrogen-bond donors (Lipinski definition) is 4. The van der Waals surface area contributed by atoms with Crippen molar-refractivity contribution < 1.29 is 25.2 Å². The SMILES string of the molecule is OC[C@H]1O[C@@H](c2ccc(C3CC3)c(Cc3ccc(Br)cc3)c2)[C@H](O)C(O)[C@@H]1O. The lowest BCUT2D eigenvalue weighted by atomic mass is 9.88. The number of benzene rings is 2. The van der Waals surface area contributed by atoms with Gasteiger partial charge in [-0.25, -0.2) is 0 Å². The zero-order chi connectivity index (χ0) is 19.8. The molecule has 1 heterocycles. The fraction of sp³-hybridized carbons (Fsp3) is 0.455. The second-order valence-corrected chi connectivity index (χ2v) is 8.70. The molecule has 0 spiro atoms. The largest absolute Gasteiger partial charge is 0.394 e. The molecule has 28 heavy (non-hydrogen) atoms. The lowest BCUT2D eigenvalue weighted by Gasteiger charge is -2.40. The Morgan fingerprint density at radius 1 is 0.929 bits per heavy atom. The molecule has 5 atom stereocenters. The Morgan fingerprint density at radius 3 is 2.29 bits per heavy atom. The van der Waals surface area contributed by atoms with Crippen molar-refractivity contribution in [3.05, 3.63) is 69.2 Å². The maximum Gasteiger partial charge on any atom is 0.113 e. The van der Waals surface area contributed by atoms with Gasteiger partial charge in [-0.3, -0.25) is 0 Å². The lowest BCUT2D eigenvalue weighted by Crippen LogP contribution is -2.55. The van der Waals surface area contributed by atoms with Gasteiger partial charge < -0.3 is 25.2 Å². The fourth-order valence-electron chi connectivity index (χ4n) is 3.95. The quantitative estimate of drug-likeness (QED) is 0.563. The number of ether oxygens (including phenoxy) is 1. The molecule has 150 valence electrons. The number of aliphatic hydroxyl groups excluding tert-OH is 4. The molecule has 4 N–H and O–H groups in total. The maximum atomic E-state index is 10.5. The molecule has 2 aliphatic rings. The van der Waals surface area contributed by atoms with Crippen LogP contribution < -0.4 is 0 Å². The Kier molecular flexibility index (Phi) is 5.88. The number of rotatable bonds is 5. The summed E-state index contributed by atoms with van der Waals surface area (Å²) in [5.41, 5.74) is 4.43. The molecule has 1 saturated carbocycles. The molecule has 0 aromatic heterocycles. The van der Waals surface area contributed by atoms with E-state index in [9.17, 15) is 20.4 Å². The van der Waals surface area contributed by atoms with Gasteiger partial charge in [0.05, 0.1) is 6.61 Å². The highest BCUT2D eigenvalue weighted by Crippen LogP contribution is 2.43.